The summed E-state index contributed by atoms with van der Waals surface area (Å²) in [6.07, 6.45) is 1.64. The van der Waals surface area contributed by atoms with Crippen molar-refractivity contribution in [3.05, 3.63) is 84.1 Å². The van der Waals surface area contributed by atoms with Gasteiger partial charge in [0.2, 0.25) is 0 Å². The molecule has 0 saturated heterocycles. The molecule has 0 saturated carbocycles. The van der Waals surface area contributed by atoms with Crippen molar-refractivity contribution in [2.75, 3.05) is 4.90 Å². The van der Waals surface area contributed by atoms with Gasteiger partial charge in [0, 0.05) is 39.0 Å². The number of aromatic amines is 1. The highest BCUT2D eigenvalue weighted by molar-refractivity contribution is 6.37. The molecule has 28 heavy (non-hydrogen) atoms. The molecule has 2 aromatic heterocycles. The van der Waals surface area contributed by atoms with E-state index in [0.717, 1.165) is 21.7 Å². The Morgan fingerprint density at radius 3 is 2.21 bits per heavy atom. The van der Waals surface area contributed by atoms with Crippen LogP contribution in [0.4, 0.5) is 5.82 Å². The van der Waals surface area contributed by atoms with E-state index in [2.05, 4.69) is 9.97 Å². The molecular formula is C23H13N3O2. The summed E-state index contributed by atoms with van der Waals surface area (Å²) in [7, 11) is 0. The molecule has 1 N–H and O–H groups in total. The zero-order chi connectivity index (χ0) is 18.8. The molecule has 3 aromatic carbocycles. The molecule has 6 rings (SSSR count). The number of rotatable bonds is 1. The van der Waals surface area contributed by atoms with Gasteiger partial charge in [-0.25, -0.2) is 9.88 Å². The van der Waals surface area contributed by atoms with Crippen molar-refractivity contribution < 1.29 is 9.59 Å². The van der Waals surface area contributed by atoms with Crippen LogP contribution in [0.5, 0.6) is 0 Å². The molecule has 0 spiro atoms. The minimum absolute atomic E-state index is 0.329. The number of amides is 2. The van der Waals surface area contributed by atoms with Gasteiger partial charge in [-0.1, -0.05) is 42.5 Å². The largest absolute Gasteiger partial charge is 0.351 e. The lowest BCUT2D eigenvalue weighted by molar-refractivity contribution is 0.0892. The van der Waals surface area contributed by atoms with Gasteiger partial charge >= 0.3 is 0 Å². The molecule has 132 valence electrons. The number of anilines is 1. The van der Waals surface area contributed by atoms with Crippen LogP contribution in [0.3, 0.4) is 0 Å². The molecule has 2 amide bonds. The fourth-order valence-electron chi connectivity index (χ4n) is 4.15. The molecule has 0 atom stereocenters. The van der Waals surface area contributed by atoms with E-state index in [1.165, 1.54) is 4.90 Å². The van der Waals surface area contributed by atoms with Gasteiger partial charge in [0.1, 0.15) is 0 Å². The maximum Gasteiger partial charge on any atom is 0.267 e. The van der Waals surface area contributed by atoms with Gasteiger partial charge in [-0.05, 0) is 29.7 Å². The molecular weight excluding hydrogens is 350 g/mol. The Morgan fingerprint density at radius 2 is 1.46 bits per heavy atom. The average Bonchev–Trinajstić information content (AvgIpc) is 3.11. The Kier molecular flexibility index (Phi) is 2.84. The van der Waals surface area contributed by atoms with Crippen LogP contribution in [0, 0.1) is 0 Å². The van der Waals surface area contributed by atoms with Crippen LogP contribution in [0.2, 0.25) is 0 Å². The zero-order valence-electron chi connectivity index (χ0n) is 14.6. The average molecular weight is 363 g/mol. The zero-order valence-corrected chi connectivity index (χ0v) is 14.6. The summed E-state index contributed by atoms with van der Waals surface area (Å²) in [5.74, 6) is -0.379. The predicted octanol–water partition coefficient (Wildman–Crippen LogP) is 4.67. The molecule has 5 nitrogen and oxygen atoms in total. The number of aromatic nitrogens is 2. The number of carbonyl (C=O) groups excluding carboxylic acids is 2. The number of nitrogens with one attached hydrogen (secondary N) is 1. The third kappa shape index (κ3) is 1.82. The first-order chi connectivity index (χ1) is 13.7. The number of fused-ring (bicyclic) bond motifs is 3. The predicted molar refractivity (Wildman–Crippen MR) is 109 cm³/mol. The smallest absolute Gasteiger partial charge is 0.267 e. The van der Waals surface area contributed by atoms with Crippen molar-refractivity contribution in [1.82, 2.24) is 9.97 Å². The molecule has 0 aliphatic carbocycles. The van der Waals surface area contributed by atoms with Gasteiger partial charge in [-0.3, -0.25) is 9.59 Å². The number of pyridine rings is 1. The van der Waals surface area contributed by atoms with Crippen molar-refractivity contribution in [1.29, 1.82) is 0 Å². The molecule has 1 aliphatic rings. The highest BCUT2D eigenvalue weighted by Gasteiger charge is 2.35. The maximum absolute atomic E-state index is 13.3. The molecule has 0 unspecified atom stereocenters. The van der Waals surface area contributed by atoms with Crippen molar-refractivity contribution in [2.24, 2.45) is 0 Å². The molecule has 0 bridgehead atoms. The summed E-state index contributed by atoms with van der Waals surface area (Å²) in [5.41, 5.74) is 2.65. The maximum atomic E-state index is 13.3. The summed E-state index contributed by atoms with van der Waals surface area (Å²) in [6.45, 7) is 0. The fourth-order valence-corrected chi connectivity index (χ4v) is 4.15. The van der Waals surface area contributed by atoms with Crippen molar-refractivity contribution in [2.45, 2.75) is 0 Å². The second-order valence-corrected chi connectivity index (χ2v) is 6.88. The Balaban J connectivity index is 1.66. The number of hydrogen-bond acceptors (Lipinski definition) is 3. The van der Waals surface area contributed by atoms with E-state index in [9.17, 15) is 9.59 Å². The first-order valence-electron chi connectivity index (χ1n) is 9.00. The monoisotopic (exact) mass is 363 g/mol. The second kappa shape index (κ2) is 5.27. The molecule has 5 heteroatoms. The number of carbonyl (C=O) groups is 2. The third-order valence-corrected chi connectivity index (χ3v) is 5.39. The molecule has 1 aliphatic heterocycles. The van der Waals surface area contributed by atoms with Gasteiger partial charge in [-0.15, -0.1) is 0 Å². The number of H-pyrrole nitrogens is 1. The van der Waals surface area contributed by atoms with Gasteiger partial charge in [0.25, 0.3) is 11.8 Å². The Bertz CT molecular complexity index is 1410. The number of nitrogens with zero attached hydrogens (tertiary/aromatic N) is 2. The van der Waals surface area contributed by atoms with Crippen LogP contribution in [0.25, 0.3) is 32.6 Å². The lowest BCUT2D eigenvalue weighted by Crippen LogP contribution is -2.41. The topological polar surface area (TPSA) is 66.1 Å². The quantitative estimate of drug-likeness (QED) is 0.440. The summed E-state index contributed by atoms with van der Waals surface area (Å²) >= 11 is 0. The van der Waals surface area contributed by atoms with E-state index in [1.54, 1.807) is 18.3 Å². The third-order valence-electron chi connectivity index (χ3n) is 5.39. The summed E-state index contributed by atoms with van der Waals surface area (Å²) in [5, 5.41) is 3.55. The van der Waals surface area contributed by atoms with Gasteiger partial charge < -0.3 is 4.98 Å². The number of hydrogen-bond donors (Lipinski definition) is 1. The summed E-state index contributed by atoms with van der Waals surface area (Å²) in [4.78, 5) is 35.6. The van der Waals surface area contributed by atoms with E-state index in [-0.39, 0.29) is 11.8 Å². The molecule has 0 fully saturated rings. The van der Waals surface area contributed by atoms with E-state index < -0.39 is 0 Å². The normalized spacial score (nSPS) is 13.8. The molecule has 0 radical (unpaired) electrons. The Labute approximate surface area is 159 Å². The van der Waals surface area contributed by atoms with Crippen molar-refractivity contribution >= 4 is 50.2 Å². The number of imide groups is 1. The molecule has 5 aromatic rings. The standard InChI is InChI=1S/C23H13N3O2/c27-22-16-8-3-5-13-6-4-9-17(19(13)16)23(28)26(22)21-20-15(11-12-24-21)14-7-1-2-10-18(14)25-20/h1-12,25H. The minimum Gasteiger partial charge on any atom is -0.351 e. The summed E-state index contributed by atoms with van der Waals surface area (Å²) in [6, 6.07) is 20.8. The van der Waals surface area contributed by atoms with Crippen LogP contribution in [0.15, 0.2) is 72.9 Å². The van der Waals surface area contributed by atoms with E-state index >= 15 is 0 Å². The lowest BCUT2D eigenvalue weighted by Gasteiger charge is -2.26. The van der Waals surface area contributed by atoms with Crippen LogP contribution >= 0.6 is 0 Å². The van der Waals surface area contributed by atoms with Crippen molar-refractivity contribution in [3.63, 3.8) is 0 Å². The SMILES string of the molecule is O=C1c2cccc3cccc(c23)C(=O)N1c1nccc2c1[nH]c1ccccc12. The van der Waals surface area contributed by atoms with E-state index in [4.69, 9.17) is 0 Å². The highest BCUT2D eigenvalue weighted by Crippen LogP contribution is 2.36. The van der Waals surface area contributed by atoms with Crippen LogP contribution in [-0.2, 0) is 0 Å². The Morgan fingerprint density at radius 1 is 0.750 bits per heavy atom. The van der Waals surface area contributed by atoms with E-state index in [0.29, 0.717) is 27.8 Å². The van der Waals surface area contributed by atoms with Gasteiger partial charge in [0.15, 0.2) is 5.82 Å². The minimum atomic E-state index is -0.354. The van der Waals surface area contributed by atoms with Crippen LogP contribution < -0.4 is 4.90 Å². The fraction of sp³-hybridized carbons (Fsp3) is 0. The number of para-hydroxylation sites is 1. The van der Waals surface area contributed by atoms with Crippen molar-refractivity contribution in [3.8, 4) is 0 Å². The first-order valence-corrected chi connectivity index (χ1v) is 9.00. The second-order valence-electron chi connectivity index (χ2n) is 6.88. The highest BCUT2D eigenvalue weighted by atomic mass is 16.2. The summed E-state index contributed by atoms with van der Waals surface area (Å²) < 4.78 is 0. The van der Waals surface area contributed by atoms with Gasteiger partial charge in [0.05, 0.1) is 5.52 Å². The van der Waals surface area contributed by atoms with Gasteiger partial charge in [-0.2, -0.15) is 0 Å². The number of benzene rings is 3. The van der Waals surface area contributed by atoms with E-state index in [1.807, 2.05) is 54.6 Å². The van der Waals surface area contributed by atoms with Crippen LogP contribution in [0.1, 0.15) is 20.7 Å². The molecule has 3 heterocycles. The first kappa shape index (κ1) is 15.1. The lowest BCUT2D eigenvalue weighted by atomic mass is 9.94. The Hall–Kier alpha value is -3.99. The van der Waals surface area contributed by atoms with Crippen LogP contribution in [-0.4, -0.2) is 21.8 Å².